The summed E-state index contributed by atoms with van der Waals surface area (Å²) in [6.07, 6.45) is 7.05. The molecule has 0 fully saturated rings. The summed E-state index contributed by atoms with van der Waals surface area (Å²) in [5.41, 5.74) is 4.10. The van der Waals surface area contributed by atoms with E-state index in [0.717, 1.165) is 6.42 Å². The zero-order chi connectivity index (χ0) is 10.7. The molecule has 0 amide bonds. The Kier molecular flexibility index (Phi) is 3.48. The van der Waals surface area contributed by atoms with Gasteiger partial charge in [-0.15, -0.1) is 11.6 Å². The molecule has 1 unspecified atom stereocenters. The van der Waals surface area contributed by atoms with Gasteiger partial charge in [-0.05, 0) is 37.3 Å². The SMILES string of the molecule is Cc1cccc(C2=CC(Cl)CCCC2)c1. The van der Waals surface area contributed by atoms with Crippen molar-refractivity contribution in [3.63, 3.8) is 0 Å². The summed E-state index contributed by atoms with van der Waals surface area (Å²) in [6, 6.07) is 8.70. The average Bonchev–Trinajstić information content (AvgIpc) is 2.43. The quantitative estimate of drug-likeness (QED) is 0.609. The van der Waals surface area contributed by atoms with Gasteiger partial charge in [0.05, 0.1) is 5.38 Å². The summed E-state index contributed by atoms with van der Waals surface area (Å²) in [5.74, 6) is 0. The lowest BCUT2D eigenvalue weighted by atomic mass is 10.00. The summed E-state index contributed by atoms with van der Waals surface area (Å²) in [5, 5.41) is 0.225. The molecular formula is C14H17Cl. The number of hydrogen-bond acceptors (Lipinski definition) is 0. The zero-order valence-electron chi connectivity index (χ0n) is 9.17. The van der Waals surface area contributed by atoms with Crippen LogP contribution < -0.4 is 0 Å². The fourth-order valence-electron chi connectivity index (χ4n) is 2.13. The summed E-state index contributed by atoms with van der Waals surface area (Å²) >= 11 is 6.23. The molecule has 0 spiro atoms. The van der Waals surface area contributed by atoms with Gasteiger partial charge < -0.3 is 0 Å². The molecule has 0 heterocycles. The Bertz CT molecular complexity index is 365. The molecule has 0 saturated heterocycles. The Morgan fingerprint density at radius 1 is 1.27 bits per heavy atom. The molecule has 0 aliphatic heterocycles. The molecule has 0 bridgehead atoms. The van der Waals surface area contributed by atoms with Gasteiger partial charge in [0.1, 0.15) is 0 Å². The Labute approximate surface area is 97.0 Å². The first-order chi connectivity index (χ1) is 7.25. The third kappa shape index (κ3) is 2.85. The van der Waals surface area contributed by atoms with Gasteiger partial charge in [0, 0.05) is 0 Å². The first-order valence-electron chi connectivity index (χ1n) is 5.67. The van der Waals surface area contributed by atoms with E-state index in [4.69, 9.17) is 11.6 Å². The minimum absolute atomic E-state index is 0.225. The molecule has 0 saturated carbocycles. The van der Waals surface area contributed by atoms with Crippen molar-refractivity contribution in [2.75, 3.05) is 0 Å². The number of alkyl halides is 1. The maximum Gasteiger partial charge on any atom is 0.0521 e. The molecule has 1 aromatic rings. The van der Waals surface area contributed by atoms with Gasteiger partial charge in [0.15, 0.2) is 0 Å². The normalized spacial score (nSPS) is 22.0. The topological polar surface area (TPSA) is 0 Å². The summed E-state index contributed by atoms with van der Waals surface area (Å²) in [4.78, 5) is 0. The van der Waals surface area contributed by atoms with Gasteiger partial charge in [0.2, 0.25) is 0 Å². The van der Waals surface area contributed by atoms with Crippen LogP contribution in [0.15, 0.2) is 30.3 Å². The molecule has 2 rings (SSSR count). The third-order valence-electron chi connectivity index (χ3n) is 2.95. The number of hydrogen-bond donors (Lipinski definition) is 0. The second-order valence-corrected chi connectivity index (χ2v) is 4.88. The Balaban J connectivity index is 2.28. The lowest BCUT2D eigenvalue weighted by Crippen LogP contribution is -1.91. The van der Waals surface area contributed by atoms with Gasteiger partial charge in [-0.3, -0.25) is 0 Å². The van der Waals surface area contributed by atoms with Gasteiger partial charge in [-0.25, -0.2) is 0 Å². The van der Waals surface area contributed by atoms with Gasteiger partial charge in [-0.2, -0.15) is 0 Å². The number of benzene rings is 1. The maximum atomic E-state index is 6.23. The summed E-state index contributed by atoms with van der Waals surface area (Å²) in [6.45, 7) is 2.14. The number of aryl methyl sites for hydroxylation is 1. The van der Waals surface area contributed by atoms with Crippen molar-refractivity contribution in [3.05, 3.63) is 41.5 Å². The standard InChI is InChI=1S/C14H17Cl/c1-11-5-4-7-12(9-11)13-6-2-3-8-14(15)10-13/h4-5,7,9-10,14H,2-3,6,8H2,1H3. The molecule has 1 aromatic carbocycles. The highest BCUT2D eigenvalue weighted by atomic mass is 35.5. The Morgan fingerprint density at radius 2 is 2.13 bits per heavy atom. The monoisotopic (exact) mass is 220 g/mol. The van der Waals surface area contributed by atoms with Gasteiger partial charge in [-0.1, -0.05) is 42.3 Å². The van der Waals surface area contributed by atoms with Crippen LogP contribution in [0.3, 0.4) is 0 Å². The largest absolute Gasteiger partial charge is 0.118 e. The number of halogens is 1. The zero-order valence-corrected chi connectivity index (χ0v) is 9.93. The van der Waals surface area contributed by atoms with Gasteiger partial charge >= 0.3 is 0 Å². The van der Waals surface area contributed by atoms with Crippen LogP contribution in [0.1, 0.15) is 36.8 Å². The molecule has 1 aliphatic rings. The van der Waals surface area contributed by atoms with Crippen molar-refractivity contribution in [1.82, 2.24) is 0 Å². The van der Waals surface area contributed by atoms with E-state index >= 15 is 0 Å². The van der Waals surface area contributed by atoms with Crippen LogP contribution in [0.25, 0.3) is 5.57 Å². The molecular weight excluding hydrogens is 204 g/mol. The fourth-order valence-corrected chi connectivity index (χ4v) is 2.43. The molecule has 0 N–H and O–H groups in total. The van der Waals surface area contributed by atoms with Crippen LogP contribution in [0.2, 0.25) is 0 Å². The Morgan fingerprint density at radius 3 is 2.93 bits per heavy atom. The minimum Gasteiger partial charge on any atom is -0.118 e. The summed E-state index contributed by atoms with van der Waals surface area (Å²) < 4.78 is 0. The molecule has 1 aliphatic carbocycles. The minimum atomic E-state index is 0.225. The van der Waals surface area contributed by atoms with Crippen LogP contribution >= 0.6 is 11.6 Å². The first kappa shape index (κ1) is 10.8. The van der Waals surface area contributed by atoms with Crippen molar-refractivity contribution in [1.29, 1.82) is 0 Å². The van der Waals surface area contributed by atoms with Crippen LogP contribution in [-0.4, -0.2) is 5.38 Å². The average molecular weight is 221 g/mol. The molecule has 80 valence electrons. The predicted molar refractivity (Wildman–Crippen MR) is 67.3 cm³/mol. The molecule has 1 atom stereocenters. The van der Waals surface area contributed by atoms with Crippen molar-refractivity contribution < 1.29 is 0 Å². The highest BCUT2D eigenvalue weighted by Gasteiger charge is 2.10. The fraction of sp³-hybridized carbons (Fsp3) is 0.429. The molecule has 0 aromatic heterocycles. The number of rotatable bonds is 1. The number of allylic oxidation sites excluding steroid dienone is 2. The van der Waals surface area contributed by atoms with Crippen molar-refractivity contribution in [3.8, 4) is 0 Å². The molecule has 0 radical (unpaired) electrons. The first-order valence-corrected chi connectivity index (χ1v) is 6.11. The Hall–Kier alpha value is -0.750. The highest BCUT2D eigenvalue weighted by Crippen LogP contribution is 2.28. The summed E-state index contributed by atoms with van der Waals surface area (Å²) in [7, 11) is 0. The lowest BCUT2D eigenvalue weighted by molar-refractivity contribution is 0.724. The van der Waals surface area contributed by atoms with E-state index in [1.807, 2.05) is 0 Å². The van der Waals surface area contributed by atoms with Crippen LogP contribution in [0.4, 0.5) is 0 Å². The van der Waals surface area contributed by atoms with E-state index in [1.165, 1.54) is 36.0 Å². The van der Waals surface area contributed by atoms with E-state index < -0.39 is 0 Å². The second kappa shape index (κ2) is 4.85. The van der Waals surface area contributed by atoms with Crippen molar-refractivity contribution >= 4 is 17.2 Å². The predicted octanol–water partition coefficient (Wildman–Crippen LogP) is 4.56. The van der Waals surface area contributed by atoms with Crippen LogP contribution in [-0.2, 0) is 0 Å². The maximum absolute atomic E-state index is 6.23. The molecule has 15 heavy (non-hydrogen) atoms. The highest BCUT2D eigenvalue weighted by molar-refractivity contribution is 6.22. The van der Waals surface area contributed by atoms with E-state index in [0.29, 0.717) is 0 Å². The van der Waals surface area contributed by atoms with E-state index in [-0.39, 0.29) is 5.38 Å². The van der Waals surface area contributed by atoms with E-state index in [9.17, 15) is 0 Å². The molecule has 1 heteroatoms. The second-order valence-electron chi connectivity index (χ2n) is 4.32. The molecule has 0 nitrogen and oxygen atoms in total. The van der Waals surface area contributed by atoms with Crippen molar-refractivity contribution in [2.24, 2.45) is 0 Å². The van der Waals surface area contributed by atoms with Crippen molar-refractivity contribution in [2.45, 2.75) is 38.0 Å². The van der Waals surface area contributed by atoms with E-state index in [2.05, 4.69) is 37.3 Å². The van der Waals surface area contributed by atoms with Gasteiger partial charge in [0.25, 0.3) is 0 Å². The lowest BCUT2D eigenvalue weighted by Gasteiger charge is -2.07. The van der Waals surface area contributed by atoms with Crippen LogP contribution in [0, 0.1) is 6.92 Å². The van der Waals surface area contributed by atoms with Crippen LogP contribution in [0.5, 0.6) is 0 Å². The third-order valence-corrected chi connectivity index (χ3v) is 3.29. The van der Waals surface area contributed by atoms with E-state index in [1.54, 1.807) is 0 Å². The smallest absolute Gasteiger partial charge is 0.0521 e.